The van der Waals surface area contributed by atoms with Crippen molar-refractivity contribution in [2.45, 2.75) is 0 Å². The molecule has 0 fully saturated rings. The summed E-state index contributed by atoms with van der Waals surface area (Å²) < 4.78 is 17.8. The molecule has 0 atom stereocenters. The van der Waals surface area contributed by atoms with Gasteiger partial charge in [0.15, 0.2) is 0 Å². The fourth-order valence-electron chi connectivity index (χ4n) is 3.10. The number of para-hydroxylation sites is 1. The number of nitrogens with zero attached hydrogens (tertiary/aromatic N) is 2. The predicted molar refractivity (Wildman–Crippen MR) is 119 cm³/mol. The van der Waals surface area contributed by atoms with E-state index in [1.165, 1.54) is 11.8 Å². The van der Waals surface area contributed by atoms with E-state index < -0.39 is 5.97 Å². The first kappa shape index (κ1) is 20.5. The van der Waals surface area contributed by atoms with E-state index in [0.717, 1.165) is 5.56 Å². The third kappa shape index (κ3) is 4.25. The molecule has 0 N–H and O–H groups in total. The average Bonchev–Trinajstić information content (AvgIpc) is 3.22. The summed E-state index contributed by atoms with van der Waals surface area (Å²) in [5, 5.41) is 5.11. The molecule has 1 heterocycles. The van der Waals surface area contributed by atoms with Gasteiger partial charge in [0.05, 0.1) is 30.6 Å². The highest BCUT2D eigenvalue weighted by Crippen LogP contribution is 2.31. The number of halogens is 1. The summed E-state index contributed by atoms with van der Waals surface area (Å²) in [5.41, 5.74) is 2.38. The van der Waals surface area contributed by atoms with Crippen LogP contribution in [0, 0.1) is 0 Å². The average molecular weight is 435 g/mol. The van der Waals surface area contributed by atoms with Gasteiger partial charge in [0.25, 0.3) is 0 Å². The number of esters is 1. The maximum absolute atomic E-state index is 13.0. The van der Waals surface area contributed by atoms with Crippen molar-refractivity contribution in [2.24, 2.45) is 0 Å². The maximum Gasteiger partial charge on any atom is 0.348 e. The number of methoxy groups -OCH3 is 2. The molecule has 0 saturated heterocycles. The van der Waals surface area contributed by atoms with E-state index in [1.807, 2.05) is 42.5 Å². The fraction of sp³-hybridized carbons (Fsp3) is 0.0833. The lowest BCUT2D eigenvalue weighted by atomic mass is 10.1. The van der Waals surface area contributed by atoms with Gasteiger partial charge in [0.1, 0.15) is 17.1 Å². The Hall–Kier alpha value is -3.77. The SMILES string of the molecule is COc1ccc(C(=O)Oc2cc(-c3ccccc3)nn2-c2ccccc2Cl)c(OC)c1. The molecular weight excluding hydrogens is 416 g/mol. The molecule has 4 aromatic rings. The van der Waals surface area contributed by atoms with Gasteiger partial charge in [-0.15, -0.1) is 0 Å². The van der Waals surface area contributed by atoms with E-state index in [-0.39, 0.29) is 11.4 Å². The van der Waals surface area contributed by atoms with Crippen molar-refractivity contribution in [1.82, 2.24) is 9.78 Å². The monoisotopic (exact) mass is 434 g/mol. The summed E-state index contributed by atoms with van der Waals surface area (Å²) in [5.74, 6) is 0.555. The zero-order valence-corrected chi connectivity index (χ0v) is 17.7. The molecule has 6 nitrogen and oxygen atoms in total. The van der Waals surface area contributed by atoms with Gasteiger partial charge in [0.2, 0.25) is 5.88 Å². The number of ether oxygens (including phenoxy) is 3. The lowest BCUT2D eigenvalue weighted by Crippen LogP contribution is -2.13. The first-order valence-corrected chi connectivity index (χ1v) is 9.83. The summed E-state index contributed by atoms with van der Waals surface area (Å²) in [7, 11) is 3.02. The van der Waals surface area contributed by atoms with Gasteiger partial charge in [-0.25, -0.2) is 4.79 Å². The van der Waals surface area contributed by atoms with E-state index in [0.29, 0.717) is 27.9 Å². The van der Waals surface area contributed by atoms with Crippen LogP contribution in [-0.4, -0.2) is 30.0 Å². The van der Waals surface area contributed by atoms with Crippen LogP contribution in [0.5, 0.6) is 17.4 Å². The third-order valence-corrected chi connectivity index (χ3v) is 4.97. The van der Waals surface area contributed by atoms with Crippen molar-refractivity contribution in [3.8, 4) is 34.3 Å². The van der Waals surface area contributed by atoms with Crippen molar-refractivity contribution in [1.29, 1.82) is 0 Å². The highest BCUT2D eigenvalue weighted by Gasteiger charge is 2.21. The third-order valence-electron chi connectivity index (χ3n) is 4.65. The lowest BCUT2D eigenvalue weighted by Gasteiger charge is -2.11. The van der Waals surface area contributed by atoms with Crippen LogP contribution in [0.3, 0.4) is 0 Å². The van der Waals surface area contributed by atoms with Gasteiger partial charge in [-0.1, -0.05) is 54.1 Å². The minimum atomic E-state index is -0.590. The summed E-state index contributed by atoms with van der Waals surface area (Å²) in [4.78, 5) is 13.0. The molecule has 4 rings (SSSR count). The van der Waals surface area contributed by atoms with Crippen molar-refractivity contribution in [2.75, 3.05) is 14.2 Å². The second kappa shape index (κ2) is 8.93. The quantitative estimate of drug-likeness (QED) is 0.379. The first-order chi connectivity index (χ1) is 15.1. The van der Waals surface area contributed by atoms with Crippen molar-refractivity contribution >= 4 is 17.6 Å². The fourth-order valence-corrected chi connectivity index (χ4v) is 3.32. The molecule has 1 aromatic heterocycles. The number of benzene rings is 3. The summed E-state index contributed by atoms with van der Waals surface area (Å²) in [6.07, 6.45) is 0. The smallest absolute Gasteiger partial charge is 0.348 e. The molecule has 31 heavy (non-hydrogen) atoms. The van der Waals surface area contributed by atoms with Gasteiger partial charge in [-0.3, -0.25) is 0 Å². The van der Waals surface area contributed by atoms with Crippen LogP contribution in [0.15, 0.2) is 78.9 Å². The Morgan fingerprint density at radius 2 is 1.65 bits per heavy atom. The van der Waals surface area contributed by atoms with Gasteiger partial charge in [-0.05, 0) is 24.3 Å². The van der Waals surface area contributed by atoms with E-state index in [1.54, 1.807) is 43.5 Å². The highest BCUT2D eigenvalue weighted by molar-refractivity contribution is 6.32. The van der Waals surface area contributed by atoms with Crippen molar-refractivity contribution in [3.63, 3.8) is 0 Å². The van der Waals surface area contributed by atoms with E-state index in [9.17, 15) is 4.79 Å². The van der Waals surface area contributed by atoms with Crippen molar-refractivity contribution in [3.05, 3.63) is 89.4 Å². The molecule has 156 valence electrons. The number of rotatable bonds is 6. The van der Waals surface area contributed by atoms with Crippen molar-refractivity contribution < 1.29 is 19.0 Å². The Kier molecular flexibility index (Phi) is 5.91. The minimum Gasteiger partial charge on any atom is -0.497 e. The molecular formula is C24H19ClN2O4. The largest absolute Gasteiger partial charge is 0.497 e. The number of hydrogen-bond acceptors (Lipinski definition) is 5. The Morgan fingerprint density at radius 1 is 0.903 bits per heavy atom. The van der Waals surface area contributed by atoms with E-state index in [2.05, 4.69) is 5.10 Å². The van der Waals surface area contributed by atoms with Gasteiger partial charge in [0, 0.05) is 17.7 Å². The molecule has 3 aromatic carbocycles. The van der Waals surface area contributed by atoms with Gasteiger partial charge < -0.3 is 14.2 Å². The second-order valence-corrected chi connectivity index (χ2v) is 6.96. The summed E-state index contributed by atoms with van der Waals surface area (Å²) in [6.45, 7) is 0. The van der Waals surface area contributed by atoms with E-state index in [4.69, 9.17) is 25.8 Å². The van der Waals surface area contributed by atoms with Crippen LogP contribution in [0.4, 0.5) is 0 Å². The molecule has 0 saturated carbocycles. The molecule has 0 aliphatic rings. The van der Waals surface area contributed by atoms with Crippen LogP contribution in [0.25, 0.3) is 16.9 Å². The van der Waals surface area contributed by atoms with Gasteiger partial charge in [-0.2, -0.15) is 9.78 Å². The standard InChI is InChI=1S/C24H19ClN2O4/c1-29-17-12-13-18(22(14-17)30-2)24(28)31-23-15-20(16-8-4-3-5-9-16)26-27(23)21-11-7-6-10-19(21)25/h3-15H,1-2H3. The number of carbonyl (C=O) groups excluding carboxylic acids is 1. The Morgan fingerprint density at radius 3 is 2.35 bits per heavy atom. The molecule has 0 aliphatic carbocycles. The normalized spacial score (nSPS) is 10.5. The minimum absolute atomic E-state index is 0.231. The van der Waals surface area contributed by atoms with Crippen LogP contribution in [-0.2, 0) is 0 Å². The molecule has 0 amide bonds. The predicted octanol–water partition coefficient (Wildman–Crippen LogP) is 5.43. The first-order valence-electron chi connectivity index (χ1n) is 9.45. The maximum atomic E-state index is 13.0. The number of carbonyl (C=O) groups is 1. The van der Waals surface area contributed by atoms with Crippen LogP contribution < -0.4 is 14.2 Å². The van der Waals surface area contributed by atoms with Gasteiger partial charge >= 0.3 is 5.97 Å². The van der Waals surface area contributed by atoms with Crippen LogP contribution >= 0.6 is 11.6 Å². The molecule has 0 aliphatic heterocycles. The Bertz CT molecular complexity index is 1220. The zero-order chi connectivity index (χ0) is 21.8. The molecule has 0 unspecified atom stereocenters. The van der Waals surface area contributed by atoms with Crippen LogP contribution in [0.1, 0.15) is 10.4 Å². The topological polar surface area (TPSA) is 62.6 Å². The molecule has 7 heteroatoms. The molecule has 0 radical (unpaired) electrons. The molecule has 0 spiro atoms. The zero-order valence-electron chi connectivity index (χ0n) is 16.9. The lowest BCUT2D eigenvalue weighted by molar-refractivity contribution is 0.0719. The Balaban J connectivity index is 1.76. The molecule has 0 bridgehead atoms. The Labute approximate surface area is 184 Å². The van der Waals surface area contributed by atoms with E-state index >= 15 is 0 Å². The van der Waals surface area contributed by atoms with Crippen LogP contribution in [0.2, 0.25) is 5.02 Å². The number of hydrogen-bond donors (Lipinski definition) is 0. The second-order valence-electron chi connectivity index (χ2n) is 6.55. The number of aromatic nitrogens is 2. The highest BCUT2D eigenvalue weighted by atomic mass is 35.5. The summed E-state index contributed by atoms with van der Waals surface area (Å²) in [6, 6.07) is 23.4. The summed E-state index contributed by atoms with van der Waals surface area (Å²) >= 11 is 6.39.